The van der Waals surface area contributed by atoms with Crippen molar-refractivity contribution < 1.29 is 14.0 Å². The predicted octanol–water partition coefficient (Wildman–Crippen LogP) is 5.48. The Balaban J connectivity index is 1.50. The van der Waals surface area contributed by atoms with Crippen LogP contribution in [0.2, 0.25) is 0 Å². The van der Waals surface area contributed by atoms with Crippen molar-refractivity contribution in [3.63, 3.8) is 0 Å². The number of rotatable bonds is 4. The summed E-state index contributed by atoms with van der Waals surface area (Å²) in [5.74, 6) is -0.846. The van der Waals surface area contributed by atoms with Crippen molar-refractivity contribution in [2.75, 3.05) is 5.32 Å². The average Bonchev–Trinajstić information content (AvgIpc) is 3.45. The highest BCUT2D eigenvalue weighted by Gasteiger charge is 2.67. The molecule has 3 aliphatic rings. The van der Waals surface area contributed by atoms with Crippen LogP contribution < -0.4 is 5.32 Å². The van der Waals surface area contributed by atoms with Crippen LogP contribution in [0.5, 0.6) is 0 Å². The number of para-hydroxylation sites is 1. The first-order chi connectivity index (χ1) is 18.6. The fourth-order valence-electron chi connectivity index (χ4n) is 6.34. The van der Waals surface area contributed by atoms with Gasteiger partial charge in [-0.15, -0.1) is 0 Å². The SMILES string of the molecule is O=C1C(c2ccc(F)cc2)N2C(=O)C=C(c3ccccc3)C23c2ccccc2NC3N1Cc1ccccc1. The van der Waals surface area contributed by atoms with Gasteiger partial charge in [-0.25, -0.2) is 4.39 Å². The van der Waals surface area contributed by atoms with E-state index < -0.39 is 23.6 Å². The molecular weight excluding hydrogens is 477 g/mol. The third-order valence-electron chi connectivity index (χ3n) is 7.87. The lowest BCUT2D eigenvalue weighted by Crippen LogP contribution is -2.68. The van der Waals surface area contributed by atoms with Gasteiger partial charge in [-0.05, 0) is 40.5 Å². The smallest absolute Gasteiger partial charge is 0.252 e. The Morgan fingerprint density at radius 2 is 1.45 bits per heavy atom. The lowest BCUT2D eigenvalue weighted by Gasteiger charge is -2.54. The molecule has 3 heterocycles. The normalized spacial score (nSPS) is 23.4. The summed E-state index contributed by atoms with van der Waals surface area (Å²) < 4.78 is 14.0. The number of fused-ring (bicyclic) bond motifs is 1. The van der Waals surface area contributed by atoms with Crippen LogP contribution in [0.3, 0.4) is 0 Å². The summed E-state index contributed by atoms with van der Waals surface area (Å²) in [6, 6.07) is 32.6. The van der Waals surface area contributed by atoms with Gasteiger partial charge in [0, 0.05) is 23.9 Å². The Morgan fingerprint density at radius 1 is 0.789 bits per heavy atom. The van der Waals surface area contributed by atoms with Crippen molar-refractivity contribution >= 4 is 23.1 Å². The molecule has 6 heteroatoms. The zero-order valence-electron chi connectivity index (χ0n) is 20.4. The van der Waals surface area contributed by atoms with Crippen LogP contribution in [0.4, 0.5) is 10.1 Å². The molecule has 0 saturated carbocycles. The molecule has 2 amide bonds. The summed E-state index contributed by atoms with van der Waals surface area (Å²) in [6.07, 6.45) is 1.13. The van der Waals surface area contributed by atoms with Gasteiger partial charge in [0.15, 0.2) is 0 Å². The van der Waals surface area contributed by atoms with E-state index in [1.807, 2.05) is 89.8 Å². The summed E-state index contributed by atoms with van der Waals surface area (Å²) in [4.78, 5) is 32.0. The number of hydrogen-bond acceptors (Lipinski definition) is 3. The minimum atomic E-state index is -0.975. The van der Waals surface area contributed by atoms with Crippen LogP contribution >= 0.6 is 0 Å². The maximum atomic E-state index is 14.4. The number of piperazine rings is 1. The average molecular weight is 502 g/mol. The Kier molecular flexibility index (Phi) is 4.98. The third-order valence-corrected chi connectivity index (χ3v) is 7.87. The highest BCUT2D eigenvalue weighted by atomic mass is 19.1. The largest absolute Gasteiger partial charge is 0.362 e. The second-order valence-electron chi connectivity index (χ2n) is 9.90. The Morgan fingerprint density at radius 3 is 2.18 bits per heavy atom. The molecule has 186 valence electrons. The van der Waals surface area contributed by atoms with E-state index in [4.69, 9.17) is 0 Å². The molecule has 1 fully saturated rings. The van der Waals surface area contributed by atoms with Crippen LogP contribution in [0, 0.1) is 5.82 Å². The molecule has 3 unspecified atom stereocenters. The van der Waals surface area contributed by atoms with Crippen molar-refractivity contribution in [1.82, 2.24) is 9.80 Å². The number of hydrogen-bond donors (Lipinski definition) is 1. The van der Waals surface area contributed by atoms with E-state index in [1.54, 1.807) is 23.1 Å². The molecule has 0 radical (unpaired) electrons. The lowest BCUT2D eigenvalue weighted by atomic mass is 9.75. The highest BCUT2D eigenvalue weighted by molar-refractivity contribution is 6.09. The van der Waals surface area contributed by atoms with Gasteiger partial charge in [0.1, 0.15) is 23.6 Å². The summed E-state index contributed by atoms with van der Waals surface area (Å²) >= 11 is 0. The highest BCUT2D eigenvalue weighted by Crippen LogP contribution is 2.60. The van der Waals surface area contributed by atoms with Crippen LogP contribution in [0.1, 0.15) is 28.3 Å². The van der Waals surface area contributed by atoms with E-state index in [9.17, 15) is 14.0 Å². The molecule has 3 aliphatic heterocycles. The fourth-order valence-corrected chi connectivity index (χ4v) is 6.34. The van der Waals surface area contributed by atoms with E-state index in [2.05, 4.69) is 5.32 Å². The number of carbonyl (C=O) groups excluding carboxylic acids is 2. The maximum absolute atomic E-state index is 14.4. The predicted molar refractivity (Wildman–Crippen MR) is 143 cm³/mol. The molecule has 4 aromatic carbocycles. The minimum Gasteiger partial charge on any atom is -0.362 e. The van der Waals surface area contributed by atoms with Crippen molar-refractivity contribution in [2.45, 2.75) is 24.3 Å². The zero-order chi connectivity index (χ0) is 25.9. The van der Waals surface area contributed by atoms with Crippen molar-refractivity contribution in [3.05, 3.63) is 143 Å². The van der Waals surface area contributed by atoms with Gasteiger partial charge in [-0.1, -0.05) is 91.0 Å². The number of nitrogens with zero attached hydrogens (tertiary/aromatic N) is 2. The first kappa shape index (κ1) is 22.5. The summed E-state index contributed by atoms with van der Waals surface area (Å²) in [5.41, 5.74) is 4.15. The van der Waals surface area contributed by atoms with Crippen LogP contribution in [0.25, 0.3) is 5.57 Å². The van der Waals surface area contributed by atoms with Crippen LogP contribution in [-0.4, -0.2) is 27.8 Å². The van der Waals surface area contributed by atoms with Gasteiger partial charge in [-0.2, -0.15) is 0 Å². The molecule has 3 atom stereocenters. The zero-order valence-corrected chi connectivity index (χ0v) is 20.4. The van der Waals surface area contributed by atoms with Gasteiger partial charge in [0.2, 0.25) is 5.91 Å². The third kappa shape index (κ3) is 3.10. The fraction of sp³-hybridized carbons (Fsp3) is 0.125. The molecule has 0 aromatic heterocycles. The first-order valence-electron chi connectivity index (χ1n) is 12.7. The molecule has 38 heavy (non-hydrogen) atoms. The molecule has 0 bridgehead atoms. The van der Waals surface area contributed by atoms with Gasteiger partial charge in [0.05, 0.1) is 0 Å². The van der Waals surface area contributed by atoms with E-state index in [-0.39, 0.29) is 11.8 Å². The quantitative estimate of drug-likeness (QED) is 0.403. The summed E-state index contributed by atoms with van der Waals surface area (Å²) in [7, 11) is 0. The Hall–Kier alpha value is -4.71. The number of amides is 2. The van der Waals surface area contributed by atoms with Gasteiger partial charge >= 0.3 is 0 Å². The second-order valence-corrected chi connectivity index (χ2v) is 9.90. The summed E-state index contributed by atoms with van der Waals surface area (Å²) in [5, 5.41) is 3.61. The van der Waals surface area contributed by atoms with Crippen molar-refractivity contribution in [3.8, 4) is 0 Å². The van der Waals surface area contributed by atoms with Crippen molar-refractivity contribution in [2.24, 2.45) is 0 Å². The monoisotopic (exact) mass is 501 g/mol. The summed E-state index contributed by atoms with van der Waals surface area (Å²) in [6.45, 7) is 0.356. The molecule has 7 rings (SSSR count). The number of anilines is 1. The lowest BCUT2D eigenvalue weighted by molar-refractivity contribution is -0.162. The molecule has 0 aliphatic carbocycles. The minimum absolute atomic E-state index is 0.211. The molecule has 1 saturated heterocycles. The Labute approximate surface area is 219 Å². The van der Waals surface area contributed by atoms with E-state index in [1.165, 1.54) is 12.1 Å². The molecule has 1 spiro atoms. The van der Waals surface area contributed by atoms with E-state index >= 15 is 0 Å². The van der Waals surface area contributed by atoms with E-state index in [0.717, 1.165) is 28.0 Å². The van der Waals surface area contributed by atoms with Crippen LogP contribution in [0.15, 0.2) is 115 Å². The number of nitrogens with one attached hydrogen (secondary N) is 1. The molecule has 4 aromatic rings. The number of benzene rings is 4. The first-order valence-corrected chi connectivity index (χ1v) is 12.7. The second kappa shape index (κ2) is 8.42. The van der Waals surface area contributed by atoms with Crippen LogP contribution in [-0.2, 0) is 21.7 Å². The van der Waals surface area contributed by atoms with Crippen molar-refractivity contribution in [1.29, 1.82) is 0 Å². The molecule has 5 nitrogen and oxygen atoms in total. The van der Waals surface area contributed by atoms with Gasteiger partial charge < -0.3 is 15.1 Å². The van der Waals surface area contributed by atoms with E-state index in [0.29, 0.717) is 12.1 Å². The molecule has 1 N–H and O–H groups in total. The standard InChI is InChI=1S/C32H24FN3O2/c33-24-17-15-23(16-18-24)29-30(38)35(20-21-9-3-1-4-10-21)31-32(25-13-7-8-14-27(25)34-31)26(19-28(37)36(29)32)22-11-5-2-6-12-22/h1-19,29,31,34H,20H2. The topological polar surface area (TPSA) is 52.7 Å². The number of halogens is 1. The maximum Gasteiger partial charge on any atom is 0.252 e. The van der Waals surface area contributed by atoms with Gasteiger partial charge in [-0.3, -0.25) is 9.59 Å². The molecular formula is C32H24FN3O2. The Bertz CT molecular complexity index is 1590. The number of carbonyl (C=O) groups is 2. The van der Waals surface area contributed by atoms with Gasteiger partial charge in [0.25, 0.3) is 5.91 Å².